The van der Waals surface area contributed by atoms with Crippen LogP contribution in [0.15, 0.2) is 24.3 Å². The summed E-state index contributed by atoms with van der Waals surface area (Å²) in [5, 5.41) is 4.87. The van der Waals surface area contributed by atoms with Gasteiger partial charge in [-0.15, -0.1) is 11.3 Å². The van der Waals surface area contributed by atoms with Crippen molar-refractivity contribution in [2.24, 2.45) is 0 Å². The number of methoxy groups -OCH3 is 1. The summed E-state index contributed by atoms with van der Waals surface area (Å²) in [5.41, 5.74) is 0. The van der Waals surface area contributed by atoms with Crippen molar-refractivity contribution in [2.45, 2.75) is 31.7 Å². The highest BCUT2D eigenvalue weighted by molar-refractivity contribution is 7.19. The molecule has 0 saturated carbocycles. The van der Waals surface area contributed by atoms with Crippen LogP contribution in [0.2, 0.25) is 0 Å². The van der Waals surface area contributed by atoms with E-state index in [1.807, 2.05) is 17.4 Å². The summed E-state index contributed by atoms with van der Waals surface area (Å²) in [5.74, 6) is 1.68. The van der Waals surface area contributed by atoms with Gasteiger partial charge in [0, 0.05) is 15.6 Å². The van der Waals surface area contributed by atoms with Crippen LogP contribution in [0, 0.1) is 0 Å². The summed E-state index contributed by atoms with van der Waals surface area (Å²) in [6, 6.07) is 9.36. The van der Waals surface area contributed by atoms with E-state index in [0.29, 0.717) is 6.04 Å². The van der Waals surface area contributed by atoms with Crippen molar-refractivity contribution in [1.82, 2.24) is 5.32 Å². The molecule has 1 aliphatic heterocycles. The highest BCUT2D eigenvalue weighted by atomic mass is 32.1. The van der Waals surface area contributed by atoms with Gasteiger partial charge >= 0.3 is 0 Å². The average molecular weight is 261 g/mol. The molecule has 2 atom stereocenters. The van der Waals surface area contributed by atoms with Crippen LogP contribution < -0.4 is 10.1 Å². The topological polar surface area (TPSA) is 21.3 Å². The van der Waals surface area contributed by atoms with Gasteiger partial charge in [-0.2, -0.15) is 0 Å². The van der Waals surface area contributed by atoms with Crippen molar-refractivity contribution >= 4 is 21.4 Å². The SMILES string of the molecule is COc1ccc2cc([C@H]3CCN[C@H](C)C3)sc2c1. The third kappa shape index (κ3) is 2.25. The molecule has 0 spiro atoms. The molecule has 1 saturated heterocycles. The maximum Gasteiger partial charge on any atom is 0.120 e. The molecule has 3 heteroatoms. The number of hydrogen-bond acceptors (Lipinski definition) is 3. The Bertz CT molecular complexity index is 548. The van der Waals surface area contributed by atoms with Crippen LogP contribution in [0.5, 0.6) is 5.75 Å². The first-order valence-corrected chi connectivity index (χ1v) is 7.39. The van der Waals surface area contributed by atoms with Crippen LogP contribution in [-0.4, -0.2) is 19.7 Å². The maximum atomic E-state index is 5.29. The fourth-order valence-corrected chi connectivity index (χ4v) is 3.99. The lowest BCUT2D eigenvalue weighted by Gasteiger charge is -2.27. The number of ether oxygens (including phenoxy) is 1. The molecule has 1 aromatic heterocycles. The zero-order chi connectivity index (χ0) is 12.5. The van der Waals surface area contributed by atoms with Crippen LogP contribution in [0.1, 0.15) is 30.6 Å². The van der Waals surface area contributed by atoms with Crippen LogP contribution >= 0.6 is 11.3 Å². The summed E-state index contributed by atoms with van der Waals surface area (Å²) < 4.78 is 6.63. The highest BCUT2D eigenvalue weighted by Gasteiger charge is 2.21. The molecular formula is C15H19NOS. The fraction of sp³-hybridized carbons (Fsp3) is 0.467. The first-order chi connectivity index (χ1) is 8.76. The normalized spacial score (nSPS) is 24.3. The van der Waals surface area contributed by atoms with E-state index in [-0.39, 0.29) is 0 Å². The van der Waals surface area contributed by atoms with Gasteiger partial charge < -0.3 is 10.1 Å². The number of hydrogen-bond donors (Lipinski definition) is 1. The molecule has 0 bridgehead atoms. The molecule has 96 valence electrons. The third-order valence-corrected chi connectivity index (χ3v) is 5.03. The van der Waals surface area contributed by atoms with Crippen LogP contribution in [0.3, 0.4) is 0 Å². The van der Waals surface area contributed by atoms with Gasteiger partial charge in [0.05, 0.1) is 7.11 Å². The van der Waals surface area contributed by atoms with Gasteiger partial charge in [-0.25, -0.2) is 0 Å². The van der Waals surface area contributed by atoms with Crippen LogP contribution in [0.25, 0.3) is 10.1 Å². The Morgan fingerprint density at radius 3 is 3.00 bits per heavy atom. The number of fused-ring (bicyclic) bond motifs is 1. The second-order valence-corrected chi connectivity index (χ2v) is 6.24. The number of thiophene rings is 1. The minimum Gasteiger partial charge on any atom is -0.497 e. The maximum absolute atomic E-state index is 5.29. The first-order valence-electron chi connectivity index (χ1n) is 6.57. The van der Waals surface area contributed by atoms with E-state index in [1.54, 1.807) is 7.11 Å². The number of rotatable bonds is 2. The van der Waals surface area contributed by atoms with Crippen molar-refractivity contribution < 1.29 is 4.74 Å². The molecule has 1 N–H and O–H groups in total. The molecule has 1 aliphatic rings. The van der Waals surface area contributed by atoms with Crippen LogP contribution in [0.4, 0.5) is 0 Å². The second kappa shape index (κ2) is 4.90. The van der Waals surface area contributed by atoms with Gasteiger partial charge in [0.1, 0.15) is 5.75 Å². The van der Waals surface area contributed by atoms with Crippen molar-refractivity contribution in [3.63, 3.8) is 0 Å². The van der Waals surface area contributed by atoms with Gasteiger partial charge in [0.15, 0.2) is 0 Å². The molecule has 0 radical (unpaired) electrons. The van der Waals surface area contributed by atoms with Gasteiger partial charge in [0.25, 0.3) is 0 Å². The molecule has 1 aromatic carbocycles. The zero-order valence-electron chi connectivity index (χ0n) is 10.9. The van der Waals surface area contributed by atoms with Gasteiger partial charge in [0.2, 0.25) is 0 Å². The van der Waals surface area contributed by atoms with Crippen molar-refractivity contribution in [1.29, 1.82) is 0 Å². The fourth-order valence-electron chi connectivity index (χ4n) is 2.75. The van der Waals surface area contributed by atoms with E-state index >= 15 is 0 Å². The molecule has 2 heterocycles. The Kier molecular flexibility index (Phi) is 3.27. The highest BCUT2D eigenvalue weighted by Crippen LogP contribution is 2.37. The molecule has 1 fully saturated rings. The standard InChI is InChI=1S/C15H19NOS/c1-10-7-12(5-6-16-10)14-8-11-3-4-13(17-2)9-15(11)18-14/h3-4,8-10,12,16H,5-7H2,1-2H3/t10-,12+/m1/s1. The summed E-state index contributed by atoms with van der Waals surface area (Å²) in [7, 11) is 1.73. The summed E-state index contributed by atoms with van der Waals surface area (Å²) in [6.45, 7) is 3.42. The van der Waals surface area contributed by atoms with E-state index in [2.05, 4.69) is 30.4 Å². The van der Waals surface area contributed by atoms with Crippen LogP contribution in [-0.2, 0) is 0 Å². The van der Waals surface area contributed by atoms with E-state index in [4.69, 9.17) is 4.74 Å². The largest absolute Gasteiger partial charge is 0.497 e. The van der Waals surface area contributed by atoms with E-state index < -0.39 is 0 Å². The number of benzene rings is 1. The minimum absolute atomic E-state index is 0.642. The van der Waals surface area contributed by atoms with E-state index in [9.17, 15) is 0 Å². The molecule has 0 amide bonds. The lowest BCUT2D eigenvalue weighted by molar-refractivity contribution is 0.384. The average Bonchev–Trinajstić information content (AvgIpc) is 2.81. The monoisotopic (exact) mass is 261 g/mol. The predicted octanol–water partition coefficient (Wildman–Crippen LogP) is 3.77. The Labute approximate surface area is 112 Å². The quantitative estimate of drug-likeness (QED) is 0.888. The lowest BCUT2D eigenvalue weighted by Crippen LogP contribution is -2.34. The molecular weight excluding hydrogens is 242 g/mol. The molecule has 18 heavy (non-hydrogen) atoms. The number of piperidine rings is 1. The molecule has 0 aliphatic carbocycles. The predicted molar refractivity (Wildman–Crippen MR) is 77.8 cm³/mol. The van der Waals surface area contributed by atoms with E-state index in [1.165, 1.54) is 27.8 Å². The van der Waals surface area contributed by atoms with Crippen molar-refractivity contribution in [2.75, 3.05) is 13.7 Å². The first kappa shape index (κ1) is 12.0. The molecule has 2 aromatic rings. The van der Waals surface area contributed by atoms with Gasteiger partial charge in [-0.1, -0.05) is 0 Å². The molecule has 3 rings (SSSR count). The Balaban J connectivity index is 1.92. The minimum atomic E-state index is 0.642. The smallest absolute Gasteiger partial charge is 0.120 e. The Hall–Kier alpha value is -1.06. The molecule has 0 unspecified atom stereocenters. The lowest BCUT2D eigenvalue weighted by atomic mass is 9.92. The van der Waals surface area contributed by atoms with Crippen molar-refractivity contribution in [3.8, 4) is 5.75 Å². The third-order valence-electron chi connectivity index (χ3n) is 3.77. The summed E-state index contributed by atoms with van der Waals surface area (Å²) in [4.78, 5) is 1.53. The van der Waals surface area contributed by atoms with E-state index in [0.717, 1.165) is 18.2 Å². The molecule has 2 nitrogen and oxygen atoms in total. The number of nitrogens with one attached hydrogen (secondary N) is 1. The zero-order valence-corrected chi connectivity index (χ0v) is 11.7. The summed E-state index contributed by atoms with van der Waals surface area (Å²) in [6.07, 6.45) is 2.51. The van der Waals surface area contributed by atoms with Crippen molar-refractivity contribution in [3.05, 3.63) is 29.1 Å². The van der Waals surface area contributed by atoms with Gasteiger partial charge in [-0.3, -0.25) is 0 Å². The van der Waals surface area contributed by atoms with Gasteiger partial charge in [-0.05, 0) is 61.9 Å². The Morgan fingerprint density at radius 1 is 1.33 bits per heavy atom. The Morgan fingerprint density at radius 2 is 2.22 bits per heavy atom. The summed E-state index contributed by atoms with van der Waals surface area (Å²) >= 11 is 1.93. The second-order valence-electron chi connectivity index (χ2n) is 5.13.